The minimum absolute atomic E-state index is 0.00508. The number of nitrogens with one attached hydrogen (secondary N) is 2. The van der Waals surface area contributed by atoms with E-state index < -0.39 is 27.0 Å². The molecule has 0 radical (unpaired) electrons. The van der Waals surface area contributed by atoms with Crippen LogP contribution in [0.5, 0.6) is 0 Å². The van der Waals surface area contributed by atoms with Crippen LogP contribution in [-0.4, -0.2) is 25.6 Å². The molecule has 0 aliphatic carbocycles. The van der Waals surface area contributed by atoms with Crippen LogP contribution >= 0.6 is 0 Å². The fraction of sp³-hybridized carbons (Fsp3) is 0.176. The summed E-state index contributed by atoms with van der Waals surface area (Å²) in [5.74, 6) is -0.532. The van der Waals surface area contributed by atoms with E-state index in [-0.39, 0.29) is 10.5 Å². The van der Waals surface area contributed by atoms with Gasteiger partial charge in [0, 0.05) is 11.4 Å². The number of rotatable bonds is 5. The first-order valence-electron chi connectivity index (χ1n) is 7.52. The SMILES string of the molecule is CC(C)S(=O)(=O)c1ccccc1C(=O)Nc1ccc(NC(N)=O)cc1. The number of amides is 3. The van der Waals surface area contributed by atoms with E-state index >= 15 is 0 Å². The number of hydrogen-bond acceptors (Lipinski definition) is 4. The molecule has 0 bridgehead atoms. The van der Waals surface area contributed by atoms with Crippen LogP contribution in [-0.2, 0) is 9.84 Å². The Bertz CT molecular complexity index is 890. The van der Waals surface area contributed by atoms with Gasteiger partial charge in [-0.2, -0.15) is 0 Å². The maximum absolute atomic E-state index is 12.5. The van der Waals surface area contributed by atoms with E-state index in [0.717, 1.165) is 0 Å². The molecule has 3 amide bonds. The molecule has 2 aromatic rings. The third kappa shape index (κ3) is 4.36. The third-order valence-electron chi connectivity index (χ3n) is 3.47. The fourth-order valence-corrected chi connectivity index (χ4v) is 3.38. The first-order valence-corrected chi connectivity index (χ1v) is 9.07. The van der Waals surface area contributed by atoms with E-state index in [1.165, 1.54) is 12.1 Å². The molecule has 7 nitrogen and oxygen atoms in total. The van der Waals surface area contributed by atoms with Crippen molar-refractivity contribution in [3.05, 3.63) is 54.1 Å². The number of nitrogens with two attached hydrogens (primary N) is 1. The van der Waals surface area contributed by atoms with Crippen molar-refractivity contribution in [2.24, 2.45) is 5.73 Å². The molecule has 0 saturated heterocycles. The lowest BCUT2D eigenvalue weighted by atomic mass is 10.2. The van der Waals surface area contributed by atoms with Crippen molar-refractivity contribution in [3.63, 3.8) is 0 Å². The second-order valence-corrected chi connectivity index (χ2v) is 8.08. The smallest absolute Gasteiger partial charge is 0.316 e. The third-order valence-corrected chi connectivity index (χ3v) is 5.68. The quantitative estimate of drug-likeness (QED) is 0.758. The van der Waals surface area contributed by atoms with Crippen LogP contribution in [0.25, 0.3) is 0 Å². The largest absolute Gasteiger partial charge is 0.351 e. The molecule has 0 spiro atoms. The number of primary amides is 1. The lowest BCUT2D eigenvalue weighted by Gasteiger charge is -2.13. The number of benzene rings is 2. The van der Waals surface area contributed by atoms with Gasteiger partial charge >= 0.3 is 6.03 Å². The van der Waals surface area contributed by atoms with Crippen molar-refractivity contribution in [2.75, 3.05) is 10.6 Å². The number of sulfone groups is 1. The van der Waals surface area contributed by atoms with Gasteiger partial charge in [0.05, 0.1) is 15.7 Å². The number of urea groups is 1. The van der Waals surface area contributed by atoms with Gasteiger partial charge in [-0.05, 0) is 50.2 Å². The summed E-state index contributed by atoms with van der Waals surface area (Å²) in [7, 11) is -3.59. The predicted octanol–water partition coefficient (Wildman–Crippen LogP) is 2.61. The molecule has 2 aromatic carbocycles. The Kier molecular flexibility index (Phi) is 5.43. The number of carbonyl (C=O) groups excluding carboxylic acids is 2. The van der Waals surface area contributed by atoms with E-state index in [9.17, 15) is 18.0 Å². The summed E-state index contributed by atoms with van der Waals surface area (Å²) >= 11 is 0. The first-order chi connectivity index (χ1) is 11.7. The zero-order chi connectivity index (χ0) is 18.6. The van der Waals surface area contributed by atoms with Crippen molar-refractivity contribution < 1.29 is 18.0 Å². The van der Waals surface area contributed by atoms with Gasteiger partial charge in [-0.1, -0.05) is 12.1 Å². The molecule has 0 unspecified atom stereocenters. The van der Waals surface area contributed by atoms with Crippen molar-refractivity contribution >= 4 is 33.2 Å². The highest BCUT2D eigenvalue weighted by Gasteiger charge is 2.25. The molecule has 0 atom stereocenters. The second kappa shape index (κ2) is 7.35. The van der Waals surface area contributed by atoms with Crippen molar-refractivity contribution in [1.29, 1.82) is 0 Å². The summed E-state index contributed by atoms with van der Waals surface area (Å²) in [6, 6.07) is 11.7. The molecule has 25 heavy (non-hydrogen) atoms. The molecule has 0 heterocycles. The minimum atomic E-state index is -3.59. The molecule has 8 heteroatoms. The Hall–Kier alpha value is -2.87. The van der Waals surface area contributed by atoms with Crippen molar-refractivity contribution in [1.82, 2.24) is 0 Å². The summed E-state index contributed by atoms with van der Waals surface area (Å²) in [4.78, 5) is 23.3. The first kappa shape index (κ1) is 18.5. The zero-order valence-electron chi connectivity index (χ0n) is 13.8. The average Bonchev–Trinajstić information content (AvgIpc) is 2.56. The standard InChI is InChI=1S/C17H19N3O4S/c1-11(2)25(23,24)15-6-4-3-5-14(15)16(21)19-12-7-9-13(10-8-12)20-17(18)22/h3-11H,1-2H3,(H,19,21)(H3,18,20,22). The van der Waals surface area contributed by atoms with Gasteiger partial charge in [-0.3, -0.25) is 4.79 Å². The van der Waals surface area contributed by atoms with Gasteiger partial charge in [-0.15, -0.1) is 0 Å². The van der Waals surface area contributed by atoms with Crippen LogP contribution in [0.4, 0.5) is 16.2 Å². The van der Waals surface area contributed by atoms with E-state index in [1.54, 1.807) is 50.2 Å². The topological polar surface area (TPSA) is 118 Å². The Balaban J connectivity index is 2.26. The normalized spacial score (nSPS) is 11.2. The minimum Gasteiger partial charge on any atom is -0.351 e. The van der Waals surface area contributed by atoms with Crippen LogP contribution in [0.1, 0.15) is 24.2 Å². The average molecular weight is 361 g/mol. The Morgan fingerprint density at radius 3 is 1.96 bits per heavy atom. The van der Waals surface area contributed by atoms with E-state index in [1.807, 2.05) is 0 Å². The number of carbonyl (C=O) groups is 2. The maximum atomic E-state index is 12.5. The van der Waals surface area contributed by atoms with Crippen molar-refractivity contribution in [3.8, 4) is 0 Å². The van der Waals surface area contributed by atoms with Gasteiger partial charge in [0.2, 0.25) is 0 Å². The summed E-state index contributed by atoms with van der Waals surface area (Å²) < 4.78 is 24.8. The molecule has 0 aliphatic heterocycles. The molecule has 0 saturated carbocycles. The summed E-state index contributed by atoms with van der Waals surface area (Å²) in [6.45, 7) is 3.13. The van der Waals surface area contributed by atoms with Gasteiger partial charge in [0.1, 0.15) is 0 Å². The number of hydrogen-bond donors (Lipinski definition) is 3. The molecule has 132 valence electrons. The second-order valence-electron chi connectivity index (χ2n) is 5.61. The number of anilines is 2. The zero-order valence-corrected chi connectivity index (χ0v) is 14.6. The van der Waals surface area contributed by atoms with Crippen molar-refractivity contribution in [2.45, 2.75) is 24.0 Å². The molecule has 0 aliphatic rings. The highest BCUT2D eigenvalue weighted by Crippen LogP contribution is 2.22. The summed E-state index contributed by atoms with van der Waals surface area (Å²) in [5, 5.41) is 4.41. The highest BCUT2D eigenvalue weighted by atomic mass is 32.2. The van der Waals surface area contributed by atoms with Crippen LogP contribution in [0.3, 0.4) is 0 Å². The molecule has 0 aromatic heterocycles. The summed E-state index contributed by atoms with van der Waals surface area (Å²) in [6.07, 6.45) is 0. The monoisotopic (exact) mass is 361 g/mol. The highest BCUT2D eigenvalue weighted by molar-refractivity contribution is 7.92. The lowest BCUT2D eigenvalue weighted by Crippen LogP contribution is -2.21. The van der Waals surface area contributed by atoms with Crippen LogP contribution in [0.2, 0.25) is 0 Å². The van der Waals surface area contributed by atoms with Crippen LogP contribution < -0.4 is 16.4 Å². The van der Waals surface area contributed by atoms with Crippen LogP contribution in [0.15, 0.2) is 53.4 Å². The molecule has 4 N–H and O–H groups in total. The predicted molar refractivity (Wildman–Crippen MR) is 96.4 cm³/mol. The summed E-state index contributed by atoms with van der Waals surface area (Å²) in [5.41, 5.74) is 6.04. The van der Waals surface area contributed by atoms with Gasteiger partial charge in [-0.25, -0.2) is 13.2 Å². The molecule has 0 fully saturated rings. The van der Waals surface area contributed by atoms with Gasteiger partial charge in [0.15, 0.2) is 9.84 Å². The maximum Gasteiger partial charge on any atom is 0.316 e. The van der Waals surface area contributed by atoms with E-state index in [0.29, 0.717) is 11.4 Å². The molecule has 2 rings (SSSR count). The van der Waals surface area contributed by atoms with E-state index in [2.05, 4.69) is 10.6 Å². The van der Waals surface area contributed by atoms with E-state index in [4.69, 9.17) is 5.73 Å². The lowest BCUT2D eigenvalue weighted by molar-refractivity contribution is 0.102. The fourth-order valence-electron chi connectivity index (χ4n) is 2.13. The molecular formula is C17H19N3O4S. The Morgan fingerprint density at radius 1 is 0.920 bits per heavy atom. The Morgan fingerprint density at radius 2 is 1.44 bits per heavy atom. The molecular weight excluding hydrogens is 342 g/mol. The van der Waals surface area contributed by atoms with Gasteiger partial charge in [0.25, 0.3) is 5.91 Å². The van der Waals surface area contributed by atoms with Gasteiger partial charge < -0.3 is 16.4 Å². The Labute approximate surface area is 146 Å². The van der Waals surface area contributed by atoms with Crippen LogP contribution in [0, 0.1) is 0 Å².